The van der Waals surface area contributed by atoms with Crippen LogP contribution in [0.25, 0.3) is 0 Å². The maximum atomic E-state index is 5.38. The quantitative estimate of drug-likeness (QED) is 0.694. The third kappa shape index (κ3) is 2.82. The zero-order chi connectivity index (χ0) is 9.97. The molecular weight excluding hydrogens is 196 g/mol. The minimum atomic E-state index is 0.659. The van der Waals surface area contributed by atoms with Gasteiger partial charge in [0.05, 0.1) is 6.61 Å². The molecule has 0 spiro atoms. The molecule has 2 rings (SSSR count). The van der Waals surface area contributed by atoms with Crippen molar-refractivity contribution in [3.63, 3.8) is 0 Å². The van der Waals surface area contributed by atoms with Gasteiger partial charge in [0.2, 0.25) is 0 Å². The molecule has 0 heterocycles. The minimum absolute atomic E-state index is 0.659. The van der Waals surface area contributed by atoms with Crippen molar-refractivity contribution in [3.05, 3.63) is 0 Å². The second-order valence-electron chi connectivity index (χ2n) is 4.14. The van der Waals surface area contributed by atoms with Crippen molar-refractivity contribution in [1.82, 2.24) is 10.2 Å². The monoisotopic (exact) mass is 214 g/mol. The lowest BCUT2D eigenvalue weighted by molar-refractivity contribution is 0.173. The molecule has 2 saturated carbocycles. The first kappa shape index (κ1) is 10.2. The van der Waals surface area contributed by atoms with E-state index in [0.29, 0.717) is 12.1 Å². The van der Waals surface area contributed by atoms with E-state index in [-0.39, 0.29) is 0 Å². The molecular formula is C10H18N2OS. The first-order chi connectivity index (χ1) is 6.81. The highest BCUT2D eigenvalue weighted by atomic mass is 32.1. The highest BCUT2D eigenvalue weighted by Gasteiger charge is 2.32. The Kier molecular flexibility index (Phi) is 3.23. The molecule has 0 aromatic rings. The molecule has 14 heavy (non-hydrogen) atoms. The highest BCUT2D eigenvalue weighted by Crippen LogP contribution is 2.27. The Hall–Kier alpha value is -0.350. The van der Waals surface area contributed by atoms with Crippen LogP contribution in [0.15, 0.2) is 0 Å². The van der Waals surface area contributed by atoms with Crippen LogP contribution in [0.1, 0.15) is 25.7 Å². The Bertz CT molecular complexity index is 214. The molecule has 0 atom stereocenters. The van der Waals surface area contributed by atoms with E-state index in [1.165, 1.54) is 25.7 Å². The molecule has 0 saturated heterocycles. The number of hydrogen-bond donors (Lipinski definition) is 1. The predicted molar refractivity (Wildman–Crippen MR) is 60.4 cm³/mol. The molecule has 4 heteroatoms. The molecule has 2 aliphatic rings. The average molecular weight is 214 g/mol. The number of hydrogen-bond acceptors (Lipinski definition) is 2. The van der Waals surface area contributed by atoms with Crippen LogP contribution in [0.4, 0.5) is 0 Å². The molecule has 0 amide bonds. The van der Waals surface area contributed by atoms with Gasteiger partial charge in [0.15, 0.2) is 5.11 Å². The summed E-state index contributed by atoms with van der Waals surface area (Å²) in [5.74, 6) is 0. The van der Waals surface area contributed by atoms with E-state index in [1.807, 2.05) is 0 Å². The molecule has 0 aromatic heterocycles. The zero-order valence-corrected chi connectivity index (χ0v) is 9.48. The lowest BCUT2D eigenvalue weighted by Crippen LogP contribution is -2.43. The van der Waals surface area contributed by atoms with Crippen molar-refractivity contribution < 1.29 is 4.74 Å². The lowest BCUT2D eigenvalue weighted by atomic mass is 10.5. The number of methoxy groups -OCH3 is 1. The van der Waals surface area contributed by atoms with Crippen LogP contribution in [0.3, 0.4) is 0 Å². The number of ether oxygens (including phenoxy) is 1. The van der Waals surface area contributed by atoms with Crippen LogP contribution < -0.4 is 5.32 Å². The van der Waals surface area contributed by atoms with E-state index in [9.17, 15) is 0 Å². The van der Waals surface area contributed by atoms with E-state index in [0.717, 1.165) is 18.3 Å². The van der Waals surface area contributed by atoms with Gasteiger partial charge in [0.1, 0.15) is 0 Å². The normalized spacial score (nSPS) is 20.6. The summed E-state index contributed by atoms with van der Waals surface area (Å²) in [5.41, 5.74) is 0. The van der Waals surface area contributed by atoms with Gasteiger partial charge in [-0.2, -0.15) is 0 Å². The summed E-state index contributed by atoms with van der Waals surface area (Å²) in [5, 5.41) is 4.32. The molecule has 0 unspecified atom stereocenters. The van der Waals surface area contributed by atoms with Gasteiger partial charge in [0.25, 0.3) is 0 Å². The fourth-order valence-corrected chi connectivity index (χ4v) is 1.92. The van der Waals surface area contributed by atoms with Gasteiger partial charge in [0, 0.05) is 25.7 Å². The molecule has 3 nitrogen and oxygen atoms in total. The topological polar surface area (TPSA) is 24.5 Å². The smallest absolute Gasteiger partial charge is 0.169 e. The molecule has 2 fully saturated rings. The first-order valence-electron chi connectivity index (χ1n) is 5.37. The molecule has 0 bridgehead atoms. The second-order valence-corrected chi connectivity index (χ2v) is 4.53. The van der Waals surface area contributed by atoms with Crippen molar-refractivity contribution in [2.45, 2.75) is 37.8 Å². The number of thiocarbonyl (C=S) groups is 1. The van der Waals surface area contributed by atoms with Crippen molar-refractivity contribution in [1.29, 1.82) is 0 Å². The van der Waals surface area contributed by atoms with Gasteiger partial charge >= 0.3 is 0 Å². The number of nitrogens with one attached hydrogen (secondary N) is 1. The second kappa shape index (κ2) is 4.45. The Morgan fingerprint density at radius 3 is 2.64 bits per heavy atom. The third-order valence-corrected chi connectivity index (χ3v) is 3.04. The first-order valence-corrected chi connectivity index (χ1v) is 5.78. The molecule has 0 radical (unpaired) electrons. The van der Waals surface area contributed by atoms with Gasteiger partial charge in [-0.25, -0.2) is 0 Å². The van der Waals surface area contributed by atoms with Gasteiger partial charge in [-0.15, -0.1) is 0 Å². The maximum Gasteiger partial charge on any atom is 0.169 e. The Balaban J connectivity index is 1.77. The van der Waals surface area contributed by atoms with Crippen molar-refractivity contribution in [2.24, 2.45) is 0 Å². The van der Waals surface area contributed by atoms with E-state index in [2.05, 4.69) is 10.2 Å². The fourth-order valence-electron chi connectivity index (χ4n) is 1.51. The van der Waals surface area contributed by atoms with Crippen LogP contribution in [0, 0.1) is 0 Å². The van der Waals surface area contributed by atoms with Crippen LogP contribution in [-0.4, -0.2) is 42.4 Å². The van der Waals surface area contributed by atoms with Crippen LogP contribution in [-0.2, 0) is 4.74 Å². The van der Waals surface area contributed by atoms with E-state index >= 15 is 0 Å². The van der Waals surface area contributed by atoms with Gasteiger partial charge in [-0.05, 0) is 37.9 Å². The summed E-state index contributed by atoms with van der Waals surface area (Å²) in [7, 11) is 1.74. The molecule has 2 aliphatic carbocycles. The van der Waals surface area contributed by atoms with Crippen LogP contribution >= 0.6 is 12.2 Å². The summed E-state index contributed by atoms with van der Waals surface area (Å²) in [6.45, 7) is 1.70. The van der Waals surface area contributed by atoms with Gasteiger partial charge in [-0.1, -0.05) is 0 Å². The van der Waals surface area contributed by atoms with E-state index in [1.54, 1.807) is 7.11 Å². The van der Waals surface area contributed by atoms with E-state index in [4.69, 9.17) is 17.0 Å². The van der Waals surface area contributed by atoms with Crippen molar-refractivity contribution in [3.8, 4) is 0 Å². The standard InChI is InChI=1S/C10H18N2OS/c1-13-7-6-12(9-4-5-9)10(14)11-8-2-3-8/h8-9H,2-7H2,1H3,(H,11,14). The fraction of sp³-hybridized carbons (Fsp3) is 0.900. The number of nitrogens with zero attached hydrogens (tertiary/aromatic N) is 1. The van der Waals surface area contributed by atoms with Gasteiger partial charge < -0.3 is 15.0 Å². The molecule has 1 N–H and O–H groups in total. The summed E-state index contributed by atoms with van der Waals surface area (Å²) in [4.78, 5) is 2.29. The highest BCUT2D eigenvalue weighted by molar-refractivity contribution is 7.80. The van der Waals surface area contributed by atoms with E-state index < -0.39 is 0 Å². The Morgan fingerprint density at radius 1 is 1.43 bits per heavy atom. The zero-order valence-electron chi connectivity index (χ0n) is 8.66. The maximum absolute atomic E-state index is 5.38. The molecule has 0 aromatic carbocycles. The Morgan fingerprint density at radius 2 is 2.14 bits per heavy atom. The summed E-state index contributed by atoms with van der Waals surface area (Å²) in [6, 6.07) is 1.34. The molecule has 80 valence electrons. The molecule has 0 aliphatic heterocycles. The largest absolute Gasteiger partial charge is 0.383 e. The van der Waals surface area contributed by atoms with Crippen molar-refractivity contribution in [2.75, 3.05) is 20.3 Å². The Labute approximate surface area is 90.8 Å². The predicted octanol–water partition coefficient (Wildman–Crippen LogP) is 1.13. The summed E-state index contributed by atoms with van der Waals surface area (Å²) >= 11 is 5.38. The number of rotatable bonds is 5. The summed E-state index contributed by atoms with van der Waals surface area (Å²) < 4.78 is 5.09. The average Bonchev–Trinajstić information content (AvgIpc) is 2.98. The van der Waals surface area contributed by atoms with Gasteiger partial charge in [-0.3, -0.25) is 0 Å². The summed E-state index contributed by atoms with van der Waals surface area (Å²) in [6.07, 6.45) is 5.14. The van der Waals surface area contributed by atoms with Crippen molar-refractivity contribution >= 4 is 17.3 Å². The minimum Gasteiger partial charge on any atom is -0.383 e. The lowest BCUT2D eigenvalue weighted by Gasteiger charge is -2.25. The van der Waals surface area contributed by atoms with Crippen LogP contribution in [0.2, 0.25) is 0 Å². The third-order valence-electron chi connectivity index (χ3n) is 2.69. The van der Waals surface area contributed by atoms with Crippen LogP contribution in [0.5, 0.6) is 0 Å². The SMILES string of the molecule is COCCN(C(=S)NC1CC1)C1CC1.